The number of hydrogen-bond donors (Lipinski definition) is 0. The molecule has 3 rings (SSSR count). The van der Waals surface area contributed by atoms with Gasteiger partial charge < -0.3 is 14.5 Å². The molecule has 0 bridgehead atoms. The lowest BCUT2D eigenvalue weighted by atomic mass is 9.80. The van der Waals surface area contributed by atoms with Gasteiger partial charge in [-0.25, -0.2) is 0 Å². The Morgan fingerprint density at radius 2 is 0.543 bits per heavy atom. The summed E-state index contributed by atoms with van der Waals surface area (Å²) in [6, 6.07) is 19.3. The normalized spacial score (nSPS) is 13.6. The summed E-state index contributed by atoms with van der Waals surface area (Å²) in [4.78, 5) is 20.0. The molecule has 3 aromatic rings. The van der Waals surface area contributed by atoms with Crippen LogP contribution in [0.2, 0.25) is 0 Å². The summed E-state index contributed by atoms with van der Waals surface area (Å²) >= 11 is 0. The molecule has 0 aliphatic carbocycles. The molecule has 4 heteroatoms. The van der Waals surface area contributed by atoms with Crippen molar-refractivity contribution in [3.05, 3.63) is 88.0 Å². The van der Waals surface area contributed by atoms with Crippen molar-refractivity contribution in [3.63, 3.8) is 0 Å². The minimum absolute atomic E-state index is 0.00195. The van der Waals surface area contributed by atoms with E-state index in [0.29, 0.717) is 17.2 Å². The van der Waals surface area contributed by atoms with Crippen molar-refractivity contribution >= 4 is 0 Å². The van der Waals surface area contributed by atoms with Crippen LogP contribution in [0.4, 0.5) is 0 Å². The van der Waals surface area contributed by atoms with Crippen LogP contribution < -0.4 is 14.5 Å². The lowest BCUT2D eigenvalue weighted by Crippen LogP contribution is -2.37. The van der Waals surface area contributed by atoms with Gasteiger partial charge in [0, 0.05) is 16.7 Å². The highest BCUT2D eigenvalue weighted by molar-refractivity contribution is 5.46. The van der Waals surface area contributed by atoms with Gasteiger partial charge >= 0.3 is 0 Å². The summed E-state index contributed by atoms with van der Waals surface area (Å²) in [7, 11) is 0. The predicted molar refractivity (Wildman–Crippen MR) is 195 cm³/mol. The van der Waals surface area contributed by atoms with E-state index in [2.05, 4.69) is 161 Å². The summed E-state index contributed by atoms with van der Waals surface area (Å²) in [6.45, 7) is 40.0. The molecule has 46 heavy (non-hydrogen) atoms. The van der Waals surface area contributed by atoms with Gasteiger partial charge in [-0.05, 0) is 67.4 Å². The summed E-state index contributed by atoms with van der Waals surface area (Å²) in [5, 5.41) is 1.21. The zero-order chi connectivity index (χ0) is 35.3. The Balaban J connectivity index is 2.24. The van der Waals surface area contributed by atoms with Crippen LogP contribution in [-0.4, -0.2) is 5.39 Å². The predicted octanol–water partition coefficient (Wildman–Crippen LogP) is 12.1. The van der Waals surface area contributed by atoms with Crippen LogP contribution >= 0.6 is 0 Å². The Kier molecular flexibility index (Phi) is 10.2. The quantitative estimate of drug-likeness (QED) is 0.254. The van der Waals surface area contributed by atoms with E-state index < -0.39 is 0 Å². The first-order valence-electron chi connectivity index (χ1n) is 16.9. The minimum Gasteiger partial charge on any atom is -0.339 e. The lowest BCUT2D eigenvalue weighted by Gasteiger charge is -2.32. The van der Waals surface area contributed by atoms with Crippen LogP contribution in [0.5, 0.6) is 17.2 Å². The highest BCUT2D eigenvalue weighted by atomic mass is 17.2. The molecule has 3 aromatic carbocycles. The molecule has 0 radical (unpaired) electrons. The molecule has 0 aliphatic heterocycles. The summed E-state index contributed by atoms with van der Waals surface area (Å²) in [6.07, 6.45) is 0. The molecule has 0 N–H and O–H groups in total. The topological polar surface area (TPSA) is 30.9 Å². The van der Waals surface area contributed by atoms with Gasteiger partial charge in [0.05, 0.1) is 0 Å². The van der Waals surface area contributed by atoms with E-state index in [-0.39, 0.29) is 32.5 Å². The highest BCUT2D eigenvalue weighted by Crippen LogP contribution is 2.40. The minimum atomic E-state index is -0.182. The standard InChI is InChI=1S/C42H63NO3/c1-37(2,3)28-19-22-34(31(25-28)40(10,11)12)44-43(45-35-23-20-29(38(4,5)6)26-32(35)41(13,14)15)46-36-24-21-30(39(7,8)9)27-33(36)42(16,17)18/h19-27H,1-18H3. The van der Waals surface area contributed by atoms with Crippen molar-refractivity contribution < 1.29 is 14.5 Å². The van der Waals surface area contributed by atoms with Crippen molar-refractivity contribution in [2.45, 2.75) is 157 Å². The first kappa shape index (κ1) is 37.5. The van der Waals surface area contributed by atoms with E-state index in [1.165, 1.54) is 22.1 Å². The largest absolute Gasteiger partial charge is 0.339 e. The molecule has 0 spiro atoms. The van der Waals surface area contributed by atoms with Crippen LogP contribution in [0.25, 0.3) is 0 Å². The maximum absolute atomic E-state index is 6.67. The van der Waals surface area contributed by atoms with Gasteiger partial charge in [0.25, 0.3) is 0 Å². The second kappa shape index (κ2) is 12.6. The molecule has 0 heterocycles. The smallest absolute Gasteiger partial charge is 0.234 e. The number of nitrogens with zero attached hydrogens (tertiary/aromatic N) is 1. The van der Waals surface area contributed by atoms with Crippen molar-refractivity contribution in [2.75, 3.05) is 0 Å². The monoisotopic (exact) mass is 629 g/mol. The molecule has 254 valence electrons. The molecule has 4 nitrogen and oxygen atoms in total. The summed E-state index contributed by atoms with van der Waals surface area (Å²) in [5.74, 6) is 2.06. The maximum atomic E-state index is 6.67. The van der Waals surface area contributed by atoms with Crippen LogP contribution in [0.15, 0.2) is 54.6 Å². The number of hydrogen-bond acceptors (Lipinski definition) is 4. The van der Waals surface area contributed by atoms with Crippen molar-refractivity contribution in [1.82, 2.24) is 5.39 Å². The molecule has 0 saturated heterocycles. The fourth-order valence-corrected chi connectivity index (χ4v) is 5.28. The third-order valence-corrected chi connectivity index (χ3v) is 8.48. The fourth-order valence-electron chi connectivity index (χ4n) is 5.28. The number of benzene rings is 3. The second-order valence-electron chi connectivity index (χ2n) is 19.1. The van der Waals surface area contributed by atoms with Crippen LogP contribution in [0.3, 0.4) is 0 Å². The molecule has 0 unspecified atom stereocenters. The average molecular weight is 630 g/mol. The Morgan fingerprint density at radius 1 is 0.326 bits per heavy atom. The Bertz CT molecular complexity index is 1320. The van der Waals surface area contributed by atoms with Gasteiger partial charge in [-0.2, -0.15) is 0 Å². The van der Waals surface area contributed by atoms with Crippen molar-refractivity contribution in [3.8, 4) is 17.2 Å². The van der Waals surface area contributed by atoms with E-state index in [0.717, 1.165) is 16.7 Å². The van der Waals surface area contributed by atoms with E-state index in [1.807, 2.05) is 18.2 Å². The number of rotatable bonds is 6. The van der Waals surface area contributed by atoms with Gasteiger partial charge in [0.1, 0.15) is 0 Å². The van der Waals surface area contributed by atoms with Gasteiger partial charge in [-0.15, -0.1) is 0 Å². The van der Waals surface area contributed by atoms with Crippen molar-refractivity contribution in [1.29, 1.82) is 0 Å². The molecule has 0 aromatic heterocycles. The van der Waals surface area contributed by atoms with Crippen LogP contribution in [0.1, 0.15) is 158 Å². The van der Waals surface area contributed by atoms with E-state index in [4.69, 9.17) is 14.5 Å². The molecule has 0 aliphatic rings. The molecular weight excluding hydrogens is 566 g/mol. The zero-order valence-electron chi connectivity index (χ0n) is 32.4. The second-order valence-corrected chi connectivity index (χ2v) is 19.1. The summed E-state index contributed by atoms with van der Waals surface area (Å²) < 4.78 is 0. The first-order valence-corrected chi connectivity index (χ1v) is 16.9. The fraction of sp³-hybridized carbons (Fsp3) is 0.571. The first-order chi connectivity index (χ1) is 20.6. The van der Waals surface area contributed by atoms with E-state index in [9.17, 15) is 0 Å². The zero-order valence-corrected chi connectivity index (χ0v) is 32.4. The summed E-state index contributed by atoms with van der Waals surface area (Å²) in [5.41, 5.74) is 6.43. The van der Waals surface area contributed by atoms with E-state index >= 15 is 0 Å². The third kappa shape index (κ3) is 9.31. The molecule has 0 atom stereocenters. The average Bonchev–Trinajstić information content (AvgIpc) is 2.85. The van der Waals surface area contributed by atoms with Crippen LogP contribution in [-0.2, 0) is 32.5 Å². The van der Waals surface area contributed by atoms with Gasteiger partial charge in [-0.3, -0.25) is 0 Å². The maximum Gasteiger partial charge on any atom is 0.234 e. The van der Waals surface area contributed by atoms with Gasteiger partial charge in [0.15, 0.2) is 17.2 Å². The van der Waals surface area contributed by atoms with Crippen LogP contribution in [0, 0.1) is 0 Å². The Morgan fingerprint density at radius 3 is 0.717 bits per heavy atom. The van der Waals surface area contributed by atoms with Gasteiger partial charge in [0.2, 0.25) is 5.39 Å². The molecule has 0 fully saturated rings. The SMILES string of the molecule is CC(C)(C)c1ccc(ON(Oc2ccc(C(C)(C)C)cc2C(C)(C)C)Oc2ccc(C(C)(C)C)cc2C(C)(C)C)c(C(C)(C)C)c1. The Labute approximate surface area is 281 Å². The third-order valence-electron chi connectivity index (χ3n) is 8.48. The Hall–Kier alpha value is -2.98. The molecule has 0 amide bonds. The van der Waals surface area contributed by atoms with Gasteiger partial charge in [-0.1, -0.05) is 161 Å². The van der Waals surface area contributed by atoms with E-state index in [1.54, 1.807) is 0 Å². The van der Waals surface area contributed by atoms with Crippen molar-refractivity contribution in [2.24, 2.45) is 0 Å². The molecular formula is C42H63NO3. The highest BCUT2D eigenvalue weighted by Gasteiger charge is 2.30. The molecule has 0 saturated carbocycles. The lowest BCUT2D eigenvalue weighted by molar-refractivity contribution is -0.409.